The predicted molar refractivity (Wildman–Crippen MR) is 78.3 cm³/mol. The van der Waals surface area contributed by atoms with Crippen LogP contribution in [0, 0.1) is 16.0 Å². The van der Waals surface area contributed by atoms with E-state index in [1.165, 1.54) is 24.3 Å². The van der Waals surface area contributed by atoms with E-state index in [1.54, 1.807) is 0 Å². The van der Waals surface area contributed by atoms with Crippen molar-refractivity contribution in [3.63, 3.8) is 0 Å². The Bertz CT molecular complexity index is 480. The average molecular weight is 284 g/mol. The van der Waals surface area contributed by atoms with Gasteiger partial charge < -0.3 is 4.90 Å². The van der Waals surface area contributed by atoms with Crippen molar-refractivity contribution in [1.82, 2.24) is 0 Å². The van der Waals surface area contributed by atoms with Crippen LogP contribution < -0.4 is 4.90 Å². The van der Waals surface area contributed by atoms with Crippen LogP contribution in [0.4, 0.5) is 10.7 Å². The molecule has 0 fully saturated rings. The Hall–Kier alpha value is -1.43. The molecule has 5 nitrogen and oxygen atoms in total. The topological polar surface area (TPSA) is 63.4 Å². The Morgan fingerprint density at radius 3 is 2.37 bits per heavy atom. The van der Waals surface area contributed by atoms with E-state index in [9.17, 15) is 14.9 Å². The van der Waals surface area contributed by atoms with Gasteiger partial charge in [-0.25, -0.2) is 0 Å². The van der Waals surface area contributed by atoms with Crippen molar-refractivity contribution >= 4 is 27.8 Å². The number of thiophene rings is 1. The van der Waals surface area contributed by atoms with Crippen LogP contribution in [0.25, 0.3) is 0 Å². The monoisotopic (exact) mass is 284 g/mol. The van der Waals surface area contributed by atoms with Crippen LogP contribution in [0.2, 0.25) is 0 Å². The number of nitro groups is 1. The third-order valence-corrected chi connectivity index (χ3v) is 3.95. The highest BCUT2D eigenvalue weighted by atomic mass is 32.1. The van der Waals surface area contributed by atoms with Gasteiger partial charge in [0.25, 0.3) is 0 Å². The van der Waals surface area contributed by atoms with Crippen LogP contribution in [0.5, 0.6) is 0 Å². The van der Waals surface area contributed by atoms with Crippen molar-refractivity contribution in [3.05, 3.63) is 21.1 Å². The number of Topliss-reactive ketones (excluding diaryl/α,β-unsaturated/α-hetero) is 1. The summed E-state index contributed by atoms with van der Waals surface area (Å²) >= 11 is 1.21. The molecule has 0 N–H and O–H groups in total. The summed E-state index contributed by atoms with van der Waals surface area (Å²) in [7, 11) is 0. The number of ketones is 1. The molecular weight excluding hydrogens is 264 g/mol. The number of nitrogens with zero attached hydrogens (tertiary/aromatic N) is 2. The van der Waals surface area contributed by atoms with Gasteiger partial charge in [0.05, 0.1) is 9.80 Å². The minimum absolute atomic E-state index is 0.0320. The van der Waals surface area contributed by atoms with Crippen LogP contribution in [0.15, 0.2) is 6.07 Å². The molecule has 1 aromatic rings. The minimum atomic E-state index is -0.409. The summed E-state index contributed by atoms with van der Waals surface area (Å²) in [6, 6.07) is 1.54. The zero-order valence-electron chi connectivity index (χ0n) is 12.0. The summed E-state index contributed by atoms with van der Waals surface area (Å²) in [5.74, 6) is 0.262. The fourth-order valence-corrected chi connectivity index (χ4v) is 2.97. The SMILES string of the molecule is CC(=O)c1cc([N+](=O)[O-])c(N(CC(C)C)C(C)C)s1. The molecule has 0 bridgehead atoms. The third-order valence-electron chi connectivity index (χ3n) is 2.68. The van der Waals surface area contributed by atoms with Gasteiger partial charge in [0.15, 0.2) is 10.8 Å². The maximum Gasteiger partial charge on any atom is 0.304 e. The fourth-order valence-electron chi connectivity index (χ4n) is 1.80. The molecule has 1 aromatic heterocycles. The Morgan fingerprint density at radius 2 is 2.00 bits per heavy atom. The summed E-state index contributed by atoms with van der Waals surface area (Å²) < 4.78 is 0. The van der Waals surface area contributed by atoms with Gasteiger partial charge >= 0.3 is 5.69 Å². The van der Waals surface area contributed by atoms with Crippen LogP contribution in [0.1, 0.15) is 44.3 Å². The lowest BCUT2D eigenvalue weighted by atomic mass is 10.2. The van der Waals surface area contributed by atoms with E-state index in [1.807, 2.05) is 18.7 Å². The Morgan fingerprint density at radius 1 is 1.42 bits per heavy atom. The van der Waals surface area contributed by atoms with Gasteiger partial charge in [0, 0.05) is 18.7 Å². The molecule has 0 radical (unpaired) electrons. The normalized spacial score (nSPS) is 11.1. The van der Waals surface area contributed by atoms with Gasteiger partial charge in [-0.05, 0) is 26.7 Å². The largest absolute Gasteiger partial charge is 0.355 e. The zero-order valence-corrected chi connectivity index (χ0v) is 12.8. The van der Waals surface area contributed by atoms with Crippen molar-refractivity contribution in [3.8, 4) is 0 Å². The second-order valence-corrected chi connectivity index (χ2v) is 6.28. The molecule has 0 spiro atoms. The average Bonchev–Trinajstić information content (AvgIpc) is 2.69. The van der Waals surface area contributed by atoms with Crippen molar-refractivity contribution in [1.29, 1.82) is 0 Å². The molecule has 0 saturated heterocycles. The molecule has 0 aliphatic heterocycles. The predicted octanol–water partition coefficient (Wildman–Crippen LogP) is 3.73. The lowest BCUT2D eigenvalue weighted by Gasteiger charge is -2.28. The molecule has 0 aromatic carbocycles. The molecule has 106 valence electrons. The smallest absolute Gasteiger partial charge is 0.304 e. The van der Waals surface area contributed by atoms with Crippen molar-refractivity contribution in [2.45, 2.75) is 40.7 Å². The summed E-state index contributed by atoms with van der Waals surface area (Å²) in [6.45, 7) is 10.3. The molecule has 1 rings (SSSR count). The van der Waals surface area contributed by atoms with Gasteiger partial charge in [0.2, 0.25) is 0 Å². The molecule has 0 unspecified atom stereocenters. The zero-order chi connectivity index (χ0) is 14.7. The lowest BCUT2D eigenvalue weighted by Crippen LogP contribution is -2.33. The summed E-state index contributed by atoms with van der Waals surface area (Å²) in [5.41, 5.74) is 0.0320. The summed E-state index contributed by atoms with van der Waals surface area (Å²) in [6.07, 6.45) is 0. The summed E-state index contributed by atoms with van der Waals surface area (Å²) in [4.78, 5) is 24.6. The Kier molecular flexibility index (Phi) is 5.05. The van der Waals surface area contributed by atoms with E-state index in [0.717, 1.165) is 6.54 Å². The van der Waals surface area contributed by atoms with E-state index in [2.05, 4.69) is 13.8 Å². The number of rotatable bonds is 6. The number of hydrogen-bond donors (Lipinski definition) is 0. The molecule has 19 heavy (non-hydrogen) atoms. The maximum absolute atomic E-state index is 11.4. The van der Waals surface area contributed by atoms with Crippen LogP contribution in [0.3, 0.4) is 0 Å². The number of hydrogen-bond acceptors (Lipinski definition) is 5. The molecular formula is C13H20N2O3S. The van der Waals surface area contributed by atoms with E-state index in [0.29, 0.717) is 15.8 Å². The first-order valence-corrected chi connectivity index (χ1v) is 7.11. The highest BCUT2D eigenvalue weighted by molar-refractivity contribution is 7.18. The number of carbonyl (C=O) groups excluding carboxylic acids is 1. The fraction of sp³-hybridized carbons (Fsp3) is 0.615. The molecule has 0 amide bonds. The lowest BCUT2D eigenvalue weighted by molar-refractivity contribution is -0.383. The van der Waals surface area contributed by atoms with Crippen molar-refractivity contribution in [2.24, 2.45) is 5.92 Å². The molecule has 0 aliphatic rings. The van der Waals surface area contributed by atoms with Crippen molar-refractivity contribution in [2.75, 3.05) is 11.4 Å². The second-order valence-electron chi connectivity index (χ2n) is 5.25. The van der Waals surface area contributed by atoms with Gasteiger partial charge in [-0.3, -0.25) is 14.9 Å². The van der Waals surface area contributed by atoms with Gasteiger partial charge in [0.1, 0.15) is 0 Å². The maximum atomic E-state index is 11.4. The first kappa shape index (κ1) is 15.6. The van der Waals surface area contributed by atoms with Gasteiger partial charge in [-0.15, -0.1) is 11.3 Å². The Balaban J connectivity index is 3.27. The highest BCUT2D eigenvalue weighted by Gasteiger charge is 2.27. The molecule has 0 atom stereocenters. The third kappa shape index (κ3) is 3.76. The standard InChI is InChI=1S/C13H20N2O3S/c1-8(2)7-14(9(3)4)13-11(15(17)18)6-12(19-13)10(5)16/h6,8-9H,7H2,1-5H3. The van der Waals surface area contributed by atoms with Gasteiger partial charge in [-0.2, -0.15) is 0 Å². The highest BCUT2D eigenvalue weighted by Crippen LogP contribution is 2.39. The molecule has 0 aliphatic carbocycles. The van der Waals surface area contributed by atoms with E-state index >= 15 is 0 Å². The quantitative estimate of drug-likeness (QED) is 0.453. The second kappa shape index (κ2) is 6.14. The van der Waals surface area contributed by atoms with E-state index in [-0.39, 0.29) is 17.5 Å². The molecule has 1 heterocycles. The summed E-state index contributed by atoms with van der Waals surface area (Å²) in [5, 5.41) is 11.7. The minimum Gasteiger partial charge on any atom is -0.355 e. The van der Waals surface area contributed by atoms with Crippen LogP contribution in [-0.2, 0) is 0 Å². The van der Waals surface area contributed by atoms with Gasteiger partial charge in [-0.1, -0.05) is 13.8 Å². The molecule has 0 saturated carbocycles. The molecule has 6 heteroatoms. The van der Waals surface area contributed by atoms with Crippen LogP contribution >= 0.6 is 11.3 Å². The Labute approximate surface area is 117 Å². The van der Waals surface area contributed by atoms with Crippen molar-refractivity contribution < 1.29 is 9.72 Å². The number of carbonyl (C=O) groups is 1. The first-order chi connectivity index (χ1) is 8.73. The van der Waals surface area contributed by atoms with E-state index < -0.39 is 4.92 Å². The van der Waals surface area contributed by atoms with Crippen LogP contribution in [-0.4, -0.2) is 23.3 Å². The number of anilines is 1. The van der Waals surface area contributed by atoms with E-state index in [4.69, 9.17) is 0 Å². The first-order valence-electron chi connectivity index (χ1n) is 6.29.